The molecule has 0 amide bonds. The molecule has 12 rings (SSSR count). The first kappa shape index (κ1) is 31.5. The quantitative estimate of drug-likeness (QED) is 0.134. The molecule has 0 saturated heterocycles. The molecular weight excluding hydrogens is 691 g/mol. The minimum atomic E-state index is 0.636. The van der Waals surface area contributed by atoms with E-state index in [2.05, 4.69) is 174 Å². The van der Waals surface area contributed by atoms with Crippen LogP contribution in [0.15, 0.2) is 188 Å². The second-order valence-corrected chi connectivity index (χ2v) is 15.0. The van der Waals surface area contributed by atoms with Crippen LogP contribution in [0.25, 0.3) is 115 Å². The molecule has 12 aromatic rings. The number of aromatic nitrogens is 2. The Morgan fingerprint density at radius 3 is 1.79 bits per heavy atom. The lowest BCUT2D eigenvalue weighted by molar-refractivity contribution is 1.10. The van der Waals surface area contributed by atoms with Gasteiger partial charge in [0.05, 0.1) is 28.2 Å². The predicted molar refractivity (Wildman–Crippen MR) is 238 cm³/mol. The first-order valence-corrected chi connectivity index (χ1v) is 19.4. The molecule has 0 saturated carbocycles. The highest BCUT2D eigenvalue weighted by Gasteiger charge is 2.22. The molecule has 0 atom stereocenters. The summed E-state index contributed by atoms with van der Waals surface area (Å²) in [5.41, 5.74) is 10.9. The van der Waals surface area contributed by atoms with Crippen molar-refractivity contribution in [2.75, 3.05) is 0 Å². The third kappa shape index (κ3) is 4.62. The topological polar surface area (TPSA) is 41.6 Å². The van der Waals surface area contributed by atoms with Crippen LogP contribution in [0, 0.1) is 11.3 Å². The normalized spacial score (nSPS) is 11.8. The molecule has 3 nitrogen and oxygen atoms in total. The van der Waals surface area contributed by atoms with Crippen molar-refractivity contribution in [1.29, 1.82) is 5.26 Å². The Balaban J connectivity index is 1.05. The van der Waals surface area contributed by atoms with Crippen LogP contribution in [0.4, 0.5) is 0 Å². The minimum Gasteiger partial charge on any atom is -0.294 e. The minimum absolute atomic E-state index is 0.636. The average molecular weight is 722 g/mol. The van der Waals surface area contributed by atoms with Gasteiger partial charge in [0.2, 0.25) is 0 Å². The zero-order chi connectivity index (χ0) is 37.6. The van der Waals surface area contributed by atoms with Gasteiger partial charge in [0.15, 0.2) is 0 Å². The fraction of sp³-hybridized carbons (Fsp3) is 0. The van der Waals surface area contributed by atoms with Crippen LogP contribution < -0.4 is 0 Å². The van der Waals surface area contributed by atoms with Gasteiger partial charge in [-0.1, -0.05) is 152 Å². The van der Waals surface area contributed by atoms with E-state index in [1.807, 2.05) is 24.3 Å². The fourth-order valence-electron chi connectivity index (χ4n) is 9.49. The summed E-state index contributed by atoms with van der Waals surface area (Å²) < 4.78 is 2.23. The summed E-state index contributed by atoms with van der Waals surface area (Å²) in [5, 5.41) is 23.2. The van der Waals surface area contributed by atoms with E-state index in [1.54, 1.807) is 0 Å². The Hall–Kier alpha value is -7.80. The molecule has 0 spiro atoms. The predicted octanol–water partition coefficient (Wildman–Crippen LogP) is 14.3. The Morgan fingerprint density at radius 2 is 1.04 bits per heavy atom. The molecule has 0 aliphatic carbocycles. The standard InChI is InChI=1S/C54H31N3/c55-32-33-30-38-24-26-46-40(27-28-48-54(46)52(38)49(31-33)57(48)50-29-25-36-11-2-8-19-47(36)56-50)35-20-22-37(23-21-35)51-42-14-4-6-16-44(42)53(45-17-7-5-15-43(45)51)41-18-9-12-34-10-1-3-13-39(34)41/h1-31H. The zero-order valence-electron chi connectivity index (χ0n) is 30.7. The highest BCUT2D eigenvalue weighted by atomic mass is 15.1. The van der Waals surface area contributed by atoms with Gasteiger partial charge in [-0.05, 0) is 113 Å². The maximum absolute atomic E-state index is 10.0. The third-order valence-electron chi connectivity index (χ3n) is 11.9. The van der Waals surface area contributed by atoms with E-state index < -0.39 is 0 Å². The third-order valence-corrected chi connectivity index (χ3v) is 11.9. The van der Waals surface area contributed by atoms with Gasteiger partial charge in [-0.15, -0.1) is 0 Å². The van der Waals surface area contributed by atoms with Crippen molar-refractivity contribution in [2.24, 2.45) is 0 Å². The summed E-state index contributed by atoms with van der Waals surface area (Å²) in [4.78, 5) is 5.11. The molecule has 0 aliphatic heterocycles. The van der Waals surface area contributed by atoms with Crippen molar-refractivity contribution >= 4 is 75.8 Å². The van der Waals surface area contributed by atoms with Gasteiger partial charge in [-0.25, -0.2) is 4.98 Å². The molecule has 0 bridgehead atoms. The summed E-state index contributed by atoms with van der Waals surface area (Å²) in [6, 6.07) is 69.9. The summed E-state index contributed by atoms with van der Waals surface area (Å²) in [6.07, 6.45) is 0. The molecule has 57 heavy (non-hydrogen) atoms. The van der Waals surface area contributed by atoms with Crippen molar-refractivity contribution in [2.45, 2.75) is 0 Å². The van der Waals surface area contributed by atoms with E-state index >= 15 is 0 Å². The number of para-hydroxylation sites is 1. The second-order valence-electron chi connectivity index (χ2n) is 15.0. The van der Waals surface area contributed by atoms with E-state index in [-0.39, 0.29) is 0 Å². The fourth-order valence-corrected chi connectivity index (χ4v) is 9.49. The lowest BCUT2D eigenvalue weighted by Crippen LogP contribution is -1.97. The Bertz CT molecular complexity index is 3580. The summed E-state index contributed by atoms with van der Waals surface area (Å²) >= 11 is 0. The van der Waals surface area contributed by atoms with Crippen molar-refractivity contribution in [1.82, 2.24) is 9.55 Å². The molecule has 0 aliphatic rings. The van der Waals surface area contributed by atoms with Crippen LogP contribution in [0.1, 0.15) is 5.56 Å². The van der Waals surface area contributed by atoms with E-state index in [0.717, 1.165) is 44.1 Å². The molecule has 10 aromatic carbocycles. The largest absolute Gasteiger partial charge is 0.294 e. The molecule has 0 N–H and O–H groups in total. The average Bonchev–Trinajstić information content (AvgIpc) is 3.62. The van der Waals surface area contributed by atoms with E-state index in [9.17, 15) is 5.26 Å². The van der Waals surface area contributed by atoms with Crippen LogP contribution in [0.3, 0.4) is 0 Å². The Morgan fingerprint density at radius 1 is 0.404 bits per heavy atom. The van der Waals surface area contributed by atoms with Gasteiger partial charge in [0.25, 0.3) is 0 Å². The van der Waals surface area contributed by atoms with Crippen LogP contribution in [0.5, 0.6) is 0 Å². The number of nitriles is 1. The van der Waals surface area contributed by atoms with Crippen LogP contribution in [-0.2, 0) is 0 Å². The maximum atomic E-state index is 10.0. The SMILES string of the molecule is N#Cc1cc2ccc3c(-c4ccc(-c5c6ccccc6c(-c6cccc7ccccc67)c6ccccc56)cc4)ccc4c3c2c(c1)n4-c1ccc2ccccc2n1. The van der Waals surface area contributed by atoms with Crippen molar-refractivity contribution in [3.63, 3.8) is 0 Å². The van der Waals surface area contributed by atoms with Gasteiger partial charge in [0, 0.05) is 16.2 Å². The molecular formula is C54H31N3. The Kier molecular flexibility index (Phi) is 6.70. The van der Waals surface area contributed by atoms with Gasteiger partial charge in [-0.3, -0.25) is 4.57 Å². The number of hydrogen-bond donors (Lipinski definition) is 0. The van der Waals surface area contributed by atoms with Gasteiger partial charge in [0.1, 0.15) is 5.82 Å². The van der Waals surface area contributed by atoms with E-state index in [1.165, 1.54) is 70.9 Å². The van der Waals surface area contributed by atoms with Crippen LogP contribution in [0.2, 0.25) is 0 Å². The zero-order valence-corrected chi connectivity index (χ0v) is 30.7. The smallest absolute Gasteiger partial charge is 0.138 e. The number of rotatable bonds is 4. The number of hydrogen-bond acceptors (Lipinski definition) is 2. The summed E-state index contributed by atoms with van der Waals surface area (Å²) in [5.74, 6) is 0.839. The lowest BCUT2D eigenvalue weighted by atomic mass is 9.84. The molecule has 0 fully saturated rings. The van der Waals surface area contributed by atoms with Gasteiger partial charge < -0.3 is 0 Å². The molecule has 2 aromatic heterocycles. The number of pyridine rings is 1. The summed E-state index contributed by atoms with van der Waals surface area (Å²) in [6.45, 7) is 0. The van der Waals surface area contributed by atoms with E-state index in [0.29, 0.717) is 5.56 Å². The van der Waals surface area contributed by atoms with Crippen molar-refractivity contribution in [3.05, 3.63) is 194 Å². The number of fused-ring (bicyclic) bond motifs is 4. The summed E-state index contributed by atoms with van der Waals surface area (Å²) in [7, 11) is 0. The van der Waals surface area contributed by atoms with Gasteiger partial charge in [-0.2, -0.15) is 5.26 Å². The van der Waals surface area contributed by atoms with E-state index in [4.69, 9.17) is 4.98 Å². The molecule has 3 heteroatoms. The van der Waals surface area contributed by atoms with Gasteiger partial charge >= 0.3 is 0 Å². The maximum Gasteiger partial charge on any atom is 0.138 e. The highest BCUT2D eigenvalue weighted by Crippen LogP contribution is 2.47. The Labute approximate surface area is 328 Å². The number of benzene rings is 10. The van der Waals surface area contributed by atoms with Crippen molar-refractivity contribution in [3.8, 4) is 45.3 Å². The lowest BCUT2D eigenvalue weighted by Gasteiger charge is -2.19. The van der Waals surface area contributed by atoms with Crippen LogP contribution in [-0.4, -0.2) is 9.55 Å². The van der Waals surface area contributed by atoms with Crippen molar-refractivity contribution < 1.29 is 0 Å². The molecule has 0 radical (unpaired) electrons. The molecule has 2 heterocycles. The monoisotopic (exact) mass is 721 g/mol. The highest BCUT2D eigenvalue weighted by molar-refractivity contribution is 6.27. The second kappa shape index (κ2) is 12.1. The molecule has 262 valence electrons. The molecule has 0 unspecified atom stereocenters. The first-order valence-electron chi connectivity index (χ1n) is 19.4. The first-order chi connectivity index (χ1) is 28.2. The number of nitrogens with zero attached hydrogens (tertiary/aromatic N) is 3. The van der Waals surface area contributed by atoms with Crippen LogP contribution >= 0.6 is 0 Å².